The average molecular weight is 318 g/mol. The van der Waals surface area contributed by atoms with Crippen LogP contribution in [0.1, 0.15) is 25.8 Å². The van der Waals surface area contributed by atoms with Gasteiger partial charge in [0.15, 0.2) is 6.61 Å². The van der Waals surface area contributed by atoms with Crippen molar-refractivity contribution >= 4 is 0 Å². The number of hydrogen-bond donors (Lipinski definition) is 0. The van der Waals surface area contributed by atoms with Gasteiger partial charge in [0.1, 0.15) is 5.56 Å². The number of hydrogen-bond acceptors (Lipinski definition) is 4. The molecule has 1 aromatic rings. The maximum atomic E-state index is 12.6. The van der Waals surface area contributed by atoms with E-state index in [9.17, 15) is 26.3 Å². The van der Waals surface area contributed by atoms with Crippen LogP contribution in [0.15, 0.2) is 6.20 Å². The molecule has 0 fully saturated rings. The molecule has 1 rings (SSSR count). The molecular formula is C11H12F6N2O2. The van der Waals surface area contributed by atoms with E-state index in [1.165, 1.54) is 0 Å². The fraction of sp³-hybridized carbons (Fsp3) is 0.636. The molecule has 1 atom stereocenters. The minimum absolute atomic E-state index is 0.330. The van der Waals surface area contributed by atoms with Gasteiger partial charge in [0.25, 0.3) is 0 Å². The Hall–Kier alpha value is -1.74. The van der Waals surface area contributed by atoms with Gasteiger partial charge in [0.05, 0.1) is 12.3 Å². The zero-order valence-electron chi connectivity index (χ0n) is 11.0. The van der Waals surface area contributed by atoms with Crippen LogP contribution in [-0.2, 0) is 6.18 Å². The van der Waals surface area contributed by atoms with Crippen LogP contribution in [0, 0.1) is 0 Å². The molecule has 0 radical (unpaired) electrons. The molecule has 4 nitrogen and oxygen atoms in total. The van der Waals surface area contributed by atoms with Crippen LogP contribution in [0.2, 0.25) is 0 Å². The molecule has 0 N–H and O–H groups in total. The van der Waals surface area contributed by atoms with E-state index in [0.717, 1.165) is 0 Å². The van der Waals surface area contributed by atoms with Crippen LogP contribution in [-0.4, -0.2) is 28.9 Å². The Morgan fingerprint density at radius 1 is 1.19 bits per heavy atom. The van der Waals surface area contributed by atoms with Crippen molar-refractivity contribution in [3.05, 3.63) is 11.8 Å². The average Bonchev–Trinajstić information content (AvgIpc) is 2.34. The Bertz CT molecular complexity index is 475. The second-order valence-electron chi connectivity index (χ2n) is 4.11. The Balaban J connectivity index is 3.05. The van der Waals surface area contributed by atoms with E-state index in [1.54, 1.807) is 13.8 Å². The first-order valence-corrected chi connectivity index (χ1v) is 5.83. The number of aromatic nitrogens is 2. The van der Waals surface area contributed by atoms with Gasteiger partial charge in [-0.25, -0.2) is 4.98 Å². The van der Waals surface area contributed by atoms with Gasteiger partial charge in [0.2, 0.25) is 5.88 Å². The van der Waals surface area contributed by atoms with Gasteiger partial charge in [-0.2, -0.15) is 31.3 Å². The molecule has 0 saturated carbocycles. The molecule has 0 aliphatic rings. The van der Waals surface area contributed by atoms with Crippen molar-refractivity contribution < 1.29 is 35.8 Å². The molecule has 1 aromatic heterocycles. The number of ether oxygens (including phenoxy) is 2. The van der Waals surface area contributed by atoms with Crippen LogP contribution in [0.5, 0.6) is 11.9 Å². The quantitative estimate of drug-likeness (QED) is 0.778. The first-order chi connectivity index (χ1) is 9.53. The third-order valence-corrected chi connectivity index (χ3v) is 2.29. The third-order valence-electron chi connectivity index (χ3n) is 2.29. The van der Waals surface area contributed by atoms with Crippen molar-refractivity contribution in [1.29, 1.82) is 0 Å². The zero-order chi connectivity index (χ0) is 16.3. The van der Waals surface area contributed by atoms with E-state index in [0.29, 0.717) is 12.6 Å². The van der Waals surface area contributed by atoms with Crippen molar-refractivity contribution in [3.8, 4) is 11.9 Å². The lowest BCUT2D eigenvalue weighted by atomic mass is 10.3. The highest BCUT2D eigenvalue weighted by Gasteiger charge is 2.38. The molecule has 0 aromatic carbocycles. The van der Waals surface area contributed by atoms with Crippen LogP contribution in [0.3, 0.4) is 0 Å². The minimum atomic E-state index is -4.93. The summed E-state index contributed by atoms with van der Waals surface area (Å²) >= 11 is 0. The molecule has 1 heterocycles. The first-order valence-electron chi connectivity index (χ1n) is 5.83. The fourth-order valence-electron chi connectivity index (χ4n) is 1.13. The lowest BCUT2D eigenvalue weighted by molar-refractivity contribution is -0.159. The molecule has 21 heavy (non-hydrogen) atoms. The summed E-state index contributed by atoms with van der Waals surface area (Å²) in [6.45, 7) is 1.46. The van der Waals surface area contributed by atoms with Crippen molar-refractivity contribution in [3.63, 3.8) is 0 Å². The van der Waals surface area contributed by atoms with Crippen LogP contribution in [0.4, 0.5) is 26.3 Å². The Morgan fingerprint density at radius 3 is 2.29 bits per heavy atom. The number of nitrogens with zero attached hydrogens (tertiary/aromatic N) is 2. The van der Waals surface area contributed by atoms with Gasteiger partial charge in [-0.05, 0) is 13.3 Å². The minimum Gasteiger partial charge on any atom is -0.467 e. The van der Waals surface area contributed by atoms with Gasteiger partial charge in [-0.1, -0.05) is 6.92 Å². The molecule has 120 valence electrons. The topological polar surface area (TPSA) is 44.2 Å². The normalized spacial score (nSPS) is 13.9. The second kappa shape index (κ2) is 6.35. The highest BCUT2D eigenvalue weighted by molar-refractivity contribution is 5.28. The van der Waals surface area contributed by atoms with E-state index in [4.69, 9.17) is 4.74 Å². The highest BCUT2D eigenvalue weighted by Crippen LogP contribution is 2.36. The van der Waals surface area contributed by atoms with Gasteiger partial charge < -0.3 is 9.47 Å². The molecule has 10 heteroatoms. The van der Waals surface area contributed by atoms with Crippen molar-refractivity contribution in [2.75, 3.05) is 6.61 Å². The highest BCUT2D eigenvalue weighted by atomic mass is 19.4. The number of rotatable bonds is 5. The molecule has 0 aliphatic carbocycles. The summed E-state index contributed by atoms with van der Waals surface area (Å²) in [6, 6.07) is -0.477. The molecule has 0 amide bonds. The monoisotopic (exact) mass is 318 g/mol. The first kappa shape index (κ1) is 17.3. The van der Waals surface area contributed by atoms with E-state index < -0.39 is 42.5 Å². The molecule has 0 saturated heterocycles. The third kappa shape index (κ3) is 5.64. The van der Waals surface area contributed by atoms with E-state index in [1.807, 2.05) is 0 Å². The number of halogens is 6. The van der Waals surface area contributed by atoms with Crippen LogP contribution in [0.25, 0.3) is 0 Å². The second-order valence-corrected chi connectivity index (χ2v) is 4.11. The largest absolute Gasteiger partial charge is 0.467 e. The van der Waals surface area contributed by atoms with Crippen molar-refractivity contribution in [2.45, 2.75) is 38.7 Å². The lowest BCUT2D eigenvalue weighted by Crippen LogP contribution is -2.22. The van der Waals surface area contributed by atoms with Crippen molar-refractivity contribution in [1.82, 2.24) is 9.97 Å². The molecule has 0 spiro atoms. The van der Waals surface area contributed by atoms with Gasteiger partial charge >= 0.3 is 18.4 Å². The molecule has 0 aliphatic heterocycles. The zero-order valence-corrected chi connectivity index (χ0v) is 11.0. The summed E-state index contributed by atoms with van der Waals surface area (Å²) in [7, 11) is 0. The smallest absolute Gasteiger partial charge is 0.423 e. The van der Waals surface area contributed by atoms with Gasteiger partial charge in [-0.3, -0.25) is 0 Å². The Morgan fingerprint density at radius 2 is 1.81 bits per heavy atom. The summed E-state index contributed by atoms with van der Waals surface area (Å²) < 4.78 is 83.3. The molecule has 0 bridgehead atoms. The maximum Gasteiger partial charge on any atom is 0.423 e. The number of alkyl halides is 6. The summed E-state index contributed by atoms with van der Waals surface area (Å²) in [5.74, 6) is -1.21. The van der Waals surface area contributed by atoms with Crippen molar-refractivity contribution in [2.24, 2.45) is 0 Å². The summed E-state index contributed by atoms with van der Waals surface area (Å²) in [4.78, 5) is 6.58. The Labute approximate surface area is 116 Å². The van der Waals surface area contributed by atoms with Gasteiger partial charge in [0, 0.05) is 0 Å². The SMILES string of the molecule is CCC(C)Oc1ncc(C(F)(F)F)c(OCC(F)(F)F)n1. The summed E-state index contributed by atoms with van der Waals surface area (Å²) in [5, 5.41) is 0. The fourth-order valence-corrected chi connectivity index (χ4v) is 1.13. The predicted molar refractivity (Wildman–Crippen MR) is 59.0 cm³/mol. The standard InChI is InChI=1S/C11H12F6N2O2/c1-3-6(2)21-9-18-4-7(11(15,16)17)8(19-9)20-5-10(12,13)14/h4,6H,3,5H2,1-2H3. The maximum absolute atomic E-state index is 12.6. The van der Waals surface area contributed by atoms with Gasteiger partial charge in [-0.15, -0.1) is 0 Å². The lowest BCUT2D eigenvalue weighted by Gasteiger charge is -2.16. The van der Waals surface area contributed by atoms with E-state index in [2.05, 4.69) is 14.7 Å². The summed E-state index contributed by atoms with van der Waals surface area (Å²) in [6.07, 6.45) is -9.28. The van der Waals surface area contributed by atoms with E-state index >= 15 is 0 Å². The Kier molecular flexibility index (Phi) is 5.24. The van der Waals surface area contributed by atoms with Crippen LogP contribution >= 0.6 is 0 Å². The molecule has 1 unspecified atom stereocenters. The van der Waals surface area contributed by atoms with Crippen LogP contribution < -0.4 is 9.47 Å². The van der Waals surface area contributed by atoms with E-state index in [-0.39, 0.29) is 0 Å². The molecular weight excluding hydrogens is 306 g/mol. The predicted octanol–water partition coefficient (Wildman–Crippen LogP) is 3.61. The summed E-state index contributed by atoms with van der Waals surface area (Å²) in [5.41, 5.74) is -1.50.